The van der Waals surface area contributed by atoms with Crippen LogP contribution in [0.5, 0.6) is 11.5 Å². The number of aliphatic hydroxyl groups is 1. The van der Waals surface area contributed by atoms with Crippen molar-refractivity contribution in [3.8, 4) is 11.5 Å². The van der Waals surface area contributed by atoms with Gasteiger partial charge in [-0.3, -0.25) is 0 Å². The van der Waals surface area contributed by atoms with Gasteiger partial charge >= 0.3 is 0 Å². The molecule has 4 N–H and O–H groups in total. The third kappa shape index (κ3) is 4.65. The minimum Gasteiger partial charge on any atom is -0.506 e. The zero-order chi connectivity index (χ0) is 21.2. The van der Waals surface area contributed by atoms with Crippen molar-refractivity contribution in [3.63, 3.8) is 0 Å². The van der Waals surface area contributed by atoms with Crippen LogP contribution in [0, 0.1) is 0 Å². The molecule has 0 heterocycles. The van der Waals surface area contributed by atoms with Crippen LogP contribution in [0.1, 0.15) is 6.92 Å². The van der Waals surface area contributed by atoms with Crippen molar-refractivity contribution in [2.45, 2.75) is 17.9 Å². The van der Waals surface area contributed by atoms with E-state index in [9.17, 15) is 18.6 Å². The Hall–Kier alpha value is -2.72. The van der Waals surface area contributed by atoms with Gasteiger partial charge in [0, 0.05) is 16.5 Å². The van der Waals surface area contributed by atoms with Gasteiger partial charge < -0.3 is 15.3 Å². The number of sulfonamides is 1. The van der Waals surface area contributed by atoms with Crippen LogP contribution in [0.3, 0.4) is 0 Å². The predicted molar refractivity (Wildman–Crippen MR) is 110 cm³/mol. The fourth-order valence-electron chi connectivity index (χ4n) is 2.60. The van der Waals surface area contributed by atoms with Gasteiger partial charge in [0.05, 0.1) is 11.5 Å². The highest BCUT2D eigenvalue weighted by molar-refractivity contribution is 7.89. The molecule has 0 spiro atoms. The SMILES string of the molecule is CC(CO)NS(=O)(=O)c1ccc2c(N=Nc3cc(Cl)ccc3O)c(O)ccc2c1. The Morgan fingerprint density at radius 1 is 1.03 bits per heavy atom. The monoisotopic (exact) mass is 435 g/mol. The van der Waals surface area contributed by atoms with E-state index in [4.69, 9.17) is 16.7 Å². The molecule has 0 radical (unpaired) electrons. The van der Waals surface area contributed by atoms with Gasteiger partial charge in [-0.15, -0.1) is 10.2 Å². The Labute approximate surface area is 172 Å². The van der Waals surface area contributed by atoms with Crippen LogP contribution in [0.2, 0.25) is 5.02 Å². The molecule has 3 aromatic carbocycles. The Bertz CT molecular complexity index is 1200. The van der Waals surface area contributed by atoms with Gasteiger partial charge in [-0.1, -0.05) is 23.7 Å². The molecular formula is C19H18ClN3O5S. The quantitative estimate of drug-likeness (QED) is 0.435. The second kappa shape index (κ2) is 8.34. The smallest absolute Gasteiger partial charge is 0.240 e. The summed E-state index contributed by atoms with van der Waals surface area (Å²) in [5.41, 5.74) is 0.234. The normalized spacial score (nSPS) is 13.2. The van der Waals surface area contributed by atoms with Crippen molar-refractivity contribution in [1.29, 1.82) is 0 Å². The third-order valence-electron chi connectivity index (χ3n) is 4.08. The number of phenols is 2. The average molecular weight is 436 g/mol. The van der Waals surface area contributed by atoms with Crippen molar-refractivity contribution in [3.05, 3.63) is 53.6 Å². The molecule has 0 aliphatic rings. The first-order chi connectivity index (χ1) is 13.7. The molecule has 3 aromatic rings. The number of azo groups is 1. The van der Waals surface area contributed by atoms with E-state index in [0.29, 0.717) is 15.8 Å². The lowest BCUT2D eigenvalue weighted by Gasteiger charge is -2.12. The van der Waals surface area contributed by atoms with Gasteiger partial charge in [0.15, 0.2) is 0 Å². The summed E-state index contributed by atoms with van der Waals surface area (Å²) < 4.78 is 27.2. The molecule has 0 aliphatic carbocycles. The number of benzene rings is 3. The standard InChI is InChI=1S/C19H18ClN3O5S/c1-11(10-24)23-29(27,28)14-4-5-15-12(8-14)2-6-18(26)19(15)22-21-16-9-13(20)3-7-17(16)25/h2-9,11,23-26H,10H2,1H3. The molecule has 10 heteroatoms. The van der Waals surface area contributed by atoms with Crippen molar-refractivity contribution in [2.24, 2.45) is 10.2 Å². The van der Waals surface area contributed by atoms with E-state index in [0.717, 1.165) is 0 Å². The highest BCUT2D eigenvalue weighted by Gasteiger charge is 2.18. The molecule has 0 aromatic heterocycles. The van der Waals surface area contributed by atoms with Gasteiger partial charge in [-0.05, 0) is 48.7 Å². The fraction of sp³-hybridized carbons (Fsp3) is 0.158. The zero-order valence-corrected chi connectivity index (χ0v) is 16.8. The fourth-order valence-corrected chi connectivity index (χ4v) is 4.04. The predicted octanol–water partition coefficient (Wildman–Crippen LogP) is 3.98. The molecule has 1 atom stereocenters. The molecule has 1 unspecified atom stereocenters. The molecule has 152 valence electrons. The van der Waals surface area contributed by atoms with Crippen LogP contribution in [-0.4, -0.2) is 36.4 Å². The lowest BCUT2D eigenvalue weighted by Crippen LogP contribution is -2.34. The summed E-state index contributed by atoms with van der Waals surface area (Å²) in [4.78, 5) is 0.00589. The van der Waals surface area contributed by atoms with E-state index in [1.54, 1.807) is 13.0 Å². The van der Waals surface area contributed by atoms with E-state index >= 15 is 0 Å². The second-order valence-corrected chi connectivity index (χ2v) is 8.50. The number of phenolic OH excluding ortho intramolecular Hbond substituents is 2. The maximum atomic E-state index is 12.4. The number of fused-ring (bicyclic) bond motifs is 1. The minimum absolute atomic E-state index is 0.00589. The van der Waals surface area contributed by atoms with E-state index < -0.39 is 16.1 Å². The number of halogens is 1. The van der Waals surface area contributed by atoms with Gasteiger partial charge in [-0.2, -0.15) is 0 Å². The van der Waals surface area contributed by atoms with Crippen molar-refractivity contribution < 1.29 is 23.7 Å². The van der Waals surface area contributed by atoms with E-state index in [2.05, 4.69) is 15.0 Å². The Morgan fingerprint density at radius 2 is 1.76 bits per heavy atom. The maximum absolute atomic E-state index is 12.4. The highest BCUT2D eigenvalue weighted by atomic mass is 35.5. The van der Waals surface area contributed by atoms with Gasteiger partial charge in [0.1, 0.15) is 22.9 Å². The van der Waals surface area contributed by atoms with Crippen LogP contribution in [0.4, 0.5) is 11.4 Å². The number of hydrogen-bond donors (Lipinski definition) is 4. The summed E-state index contributed by atoms with van der Waals surface area (Å²) in [5, 5.41) is 38.4. The van der Waals surface area contributed by atoms with Gasteiger partial charge in [0.2, 0.25) is 10.0 Å². The molecule has 0 saturated carbocycles. The molecule has 0 aliphatic heterocycles. The number of rotatable bonds is 6. The van der Waals surface area contributed by atoms with E-state index in [1.807, 2.05) is 0 Å². The van der Waals surface area contributed by atoms with Crippen LogP contribution < -0.4 is 4.72 Å². The van der Waals surface area contributed by atoms with Gasteiger partial charge in [0.25, 0.3) is 0 Å². The Kier molecular flexibility index (Phi) is 6.04. The van der Waals surface area contributed by atoms with Crippen molar-refractivity contribution in [1.82, 2.24) is 4.72 Å². The summed E-state index contributed by atoms with van der Waals surface area (Å²) in [5.74, 6) is -0.291. The number of aromatic hydroxyl groups is 2. The van der Waals surface area contributed by atoms with Gasteiger partial charge in [-0.25, -0.2) is 13.1 Å². The van der Waals surface area contributed by atoms with Crippen molar-refractivity contribution in [2.75, 3.05) is 6.61 Å². The summed E-state index contributed by atoms with van der Waals surface area (Å²) in [6.45, 7) is 1.21. The summed E-state index contributed by atoms with van der Waals surface area (Å²) in [7, 11) is -3.83. The number of hydrogen-bond acceptors (Lipinski definition) is 7. The maximum Gasteiger partial charge on any atom is 0.240 e. The number of nitrogens with zero attached hydrogens (tertiary/aromatic N) is 2. The molecule has 0 amide bonds. The highest BCUT2D eigenvalue weighted by Crippen LogP contribution is 2.38. The minimum atomic E-state index is -3.83. The molecule has 8 nitrogen and oxygen atoms in total. The first-order valence-electron chi connectivity index (χ1n) is 8.50. The second-order valence-electron chi connectivity index (χ2n) is 6.35. The Balaban J connectivity index is 2.04. The van der Waals surface area contributed by atoms with Crippen LogP contribution in [0.15, 0.2) is 63.7 Å². The largest absolute Gasteiger partial charge is 0.506 e. The molecule has 0 fully saturated rings. The molecule has 0 bridgehead atoms. The van der Waals surface area contributed by atoms with Crippen LogP contribution in [0.25, 0.3) is 10.8 Å². The first kappa shape index (κ1) is 21.0. The zero-order valence-electron chi connectivity index (χ0n) is 15.2. The van der Waals surface area contributed by atoms with E-state index in [1.165, 1.54) is 42.5 Å². The molecule has 0 saturated heterocycles. The third-order valence-corrected chi connectivity index (χ3v) is 5.90. The number of nitrogens with one attached hydrogen (secondary N) is 1. The summed E-state index contributed by atoms with van der Waals surface area (Å²) in [6, 6.07) is 10.9. The topological polar surface area (TPSA) is 132 Å². The molecule has 29 heavy (non-hydrogen) atoms. The van der Waals surface area contributed by atoms with Crippen LogP contribution >= 0.6 is 11.6 Å². The average Bonchev–Trinajstić information content (AvgIpc) is 2.68. The van der Waals surface area contributed by atoms with E-state index in [-0.39, 0.29) is 34.4 Å². The lowest BCUT2D eigenvalue weighted by molar-refractivity contribution is 0.265. The molecule has 3 rings (SSSR count). The first-order valence-corrected chi connectivity index (χ1v) is 10.4. The molecular weight excluding hydrogens is 418 g/mol. The van der Waals surface area contributed by atoms with Crippen molar-refractivity contribution >= 4 is 43.8 Å². The lowest BCUT2D eigenvalue weighted by atomic mass is 10.1. The summed E-state index contributed by atoms with van der Waals surface area (Å²) >= 11 is 5.89. The Morgan fingerprint density at radius 3 is 2.48 bits per heavy atom. The summed E-state index contributed by atoms with van der Waals surface area (Å²) in [6.07, 6.45) is 0. The van der Waals surface area contributed by atoms with Crippen LogP contribution in [-0.2, 0) is 10.0 Å². The number of aliphatic hydroxyl groups excluding tert-OH is 1.